The number of carboxylic acids is 3. The van der Waals surface area contributed by atoms with E-state index < -0.39 is 17.9 Å². The van der Waals surface area contributed by atoms with Crippen molar-refractivity contribution in [3.05, 3.63) is 0 Å². The van der Waals surface area contributed by atoms with Crippen molar-refractivity contribution in [1.82, 2.24) is 4.90 Å². The summed E-state index contributed by atoms with van der Waals surface area (Å²) in [6.07, 6.45) is 0. The summed E-state index contributed by atoms with van der Waals surface area (Å²) in [7, 11) is 0. The number of hydrogen-bond donors (Lipinski definition) is 0. The molecule has 0 saturated heterocycles. The van der Waals surface area contributed by atoms with Crippen LogP contribution >= 0.6 is 35.3 Å². The average Bonchev–Trinajstić information content (AvgIpc) is 2.42. The predicted octanol–water partition coefficient (Wildman–Crippen LogP) is -12.3. The van der Waals surface area contributed by atoms with Gasteiger partial charge in [0.1, 0.15) is 0 Å². The van der Waals surface area contributed by atoms with Crippen LogP contribution in [-0.2, 0) is 14.4 Å². The number of thioether (sulfide) groups is 3. The number of rotatable bonds is 15. The first-order chi connectivity index (χ1) is 10.4. The van der Waals surface area contributed by atoms with Crippen molar-refractivity contribution in [3.63, 3.8) is 0 Å². The van der Waals surface area contributed by atoms with Crippen molar-refractivity contribution in [2.24, 2.45) is 0 Å². The van der Waals surface area contributed by atoms with Gasteiger partial charge < -0.3 is 34.6 Å². The topological polar surface area (TPSA) is 124 Å². The fourth-order valence-corrected chi connectivity index (χ4v) is 3.48. The van der Waals surface area contributed by atoms with Crippen molar-refractivity contribution < 1.29 is 118 Å². The molecule has 0 rings (SSSR count). The van der Waals surface area contributed by atoms with Crippen LogP contribution in [0.3, 0.4) is 0 Å². The molecule has 0 aromatic carbocycles. The zero-order valence-electron chi connectivity index (χ0n) is 15.0. The molecule has 0 heterocycles. The molecule has 0 fully saturated rings. The van der Waals surface area contributed by atoms with Crippen LogP contribution in [0.25, 0.3) is 0 Å². The van der Waals surface area contributed by atoms with Crippen LogP contribution in [0.5, 0.6) is 0 Å². The van der Waals surface area contributed by atoms with E-state index in [1.54, 1.807) is 0 Å². The average molecular weight is 437 g/mol. The molecule has 13 heteroatoms. The zero-order chi connectivity index (χ0) is 16.8. The molecule has 0 spiro atoms. The molecule has 7 nitrogen and oxygen atoms in total. The normalized spacial score (nSPS) is 9.48. The van der Waals surface area contributed by atoms with Crippen molar-refractivity contribution in [3.8, 4) is 0 Å². The molecule has 0 aromatic rings. The molecule has 25 heavy (non-hydrogen) atoms. The van der Waals surface area contributed by atoms with E-state index in [4.69, 9.17) is 0 Å². The molecule has 0 aliphatic carbocycles. The SMILES string of the molecule is O=C([O-])CSCCN(CCSCC(=O)[O-])CCSCC(=O)[O-].[Na+].[Na+].[Na+]. The van der Waals surface area contributed by atoms with E-state index >= 15 is 0 Å². The summed E-state index contributed by atoms with van der Waals surface area (Å²) in [5.74, 6) is -1.66. The number of aliphatic carboxylic acids is 3. The molecule has 0 aliphatic heterocycles. The van der Waals surface area contributed by atoms with Gasteiger partial charge in [-0.3, -0.25) is 0 Å². The maximum absolute atomic E-state index is 10.3. The first kappa shape index (κ1) is 34.9. The van der Waals surface area contributed by atoms with E-state index in [1.807, 2.05) is 4.90 Å². The molecule has 0 saturated carbocycles. The van der Waals surface area contributed by atoms with E-state index in [9.17, 15) is 29.7 Å². The molecule has 0 unspecified atom stereocenters. The number of carboxylic acid groups (broad SMARTS) is 3. The Balaban J connectivity index is -0.000000735. The molecule has 0 aliphatic rings. The van der Waals surface area contributed by atoms with Gasteiger partial charge >= 0.3 is 88.7 Å². The van der Waals surface area contributed by atoms with Gasteiger partial charge in [-0.2, -0.15) is 35.3 Å². The number of carbonyl (C=O) groups excluding carboxylic acids is 3. The summed E-state index contributed by atoms with van der Waals surface area (Å²) >= 11 is 3.76. The summed E-state index contributed by atoms with van der Waals surface area (Å²) in [4.78, 5) is 33.0. The summed E-state index contributed by atoms with van der Waals surface area (Å²) < 4.78 is 0. The fourth-order valence-electron chi connectivity index (χ4n) is 1.38. The Labute approximate surface area is 227 Å². The summed E-state index contributed by atoms with van der Waals surface area (Å²) in [6.45, 7) is 1.95. The maximum atomic E-state index is 10.3. The van der Waals surface area contributed by atoms with Crippen molar-refractivity contribution >= 4 is 53.2 Å². The van der Waals surface area contributed by atoms with Gasteiger partial charge in [-0.15, -0.1) is 0 Å². The Morgan fingerprint density at radius 2 is 0.840 bits per heavy atom. The second-order valence-electron chi connectivity index (χ2n) is 4.12. The molecular weight excluding hydrogens is 419 g/mol. The zero-order valence-corrected chi connectivity index (χ0v) is 23.4. The van der Waals surface area contributed by atoms with E-state index in [0.717, 1.165) is 0 Å². The Bertz CT molecular complexity index is 317. The number of hydrogen-bond acceptors (Lipinski definition) is 10. The first-order valence-electron chi connectivity index (χ1n) is 6.47. The minimum absolute atomic E-state index is 0. The summed E-state index contributed by atoms with van der Waals surface area (Å²) in [5, 5.41) is 31.0. The summed E-state index contributed by atoms with van der Waals surface area (Å²) in [6, 6.07) is 0. The smallest absolute Gasteiger partial charge is 0.549 e. The van der Waals surface area contributed by atoms with Gasteiger partial charge in [-0.1, -0.05) is 0 Å². The Morgan fingerprint density at radius 1 is 0.600 bits per heavy atom. The van der Waals surface area contributed by atoms with Gasteiger partial charge in [0.25, 0.3) is 0 Å². The third kappa shape index (κ3) is 28.7. The van der Waals surface area contributed by atoms with Crippen LogP contribution in [0.4, 0.5) is 0 Å². The van der Waals surface area contributed by atoms with Crippen molar-refractivity contribution in [2.75, 3.05) is 54.2 Å². The molecule has 128 valence electrons. The maximum Gasteiger partial charge on any atom is 1.00 e. The largest absolute Gasteiger partial charge is 1.00 e. The molecule has 0 bridgehead atoms. The van der Waals surface area contributed by atoms with Crippen LogP contribution in [0.2, 0.25) is 0 Å². The van der Waals surface area contributed by atoms with Crippen LogP contribution in [0.1, 0.15) is 0 Å². The fraction of sp³-hybridized carbons (Fsp3) is 0.750. The predicted molar refractivity (Wildman–Crippen MR) is 83.4 cm³/mol. The third-order valence-electron chi connectivity index (χ3n) is 2.32. The van der Waals surface area contributed by atoms with Crippen LogP contribution in [-0.4, -0.2) is 77.0 Å². The van der Waals surface area contributed by atoms with E-state index in [0.29, 0.717) is 36.9 Å². The first-order valence-corrected chi connectivity index (χ1v) is 9.93. The molecule has 0 N–H and O–H groups in total. The number of carbonyl (C=O) groups is 3. The molecular formula is C12H18NNa3O6S3. The molecule has 0 radical (unpaired) electrons. The van der Waals surface area contributed by atoms with Gasteiger partial charge in [0.05, 0.1) is 17.9 Å². The molecule has 0 aromatic heterocycles. The quantitative estimate of drug-likeness (QED) is 0.180. The second kappa shape index (κ2) is 24.5. The summed E-state index contributed by atoms with van der Waals surface area (Å²) in [5.41, 5.74) is 0. The molecule has 0 amide bonds. The van der Waals surface area contributed by atoms with Crippen LogP contribution in [0.15, 0.2) is 0 Å². The van der Waals surface area contributed by atoms with E-state index in [-0.39, 0.29) is 106 Å². The van der Waals surface area contributed by atoms with Crippen molar-refractivity contribution in [1.29, 1.82) is 0 Å². The van der Waals surface area contributed by atoms with Gasteiger partial charge in [0, 0.05) is 54.2 Å². The van der Waals surface area contributed by atoms with Gasteiger partial charge in [-0.05, 0) is 0 Å². The Morgan fingerprint density at radius 3 is 1.04 bits per heavy atom. The number of nitrogens with zero attached hydrogens (tertiary/aromatic N) is 1. The Hall–Kier alpha value is 2.42. The third-order valence-corrected chi connectivity index (χ3v) is 5.05. The Kier molecular flexibility index (Phi) is 34.1. The van der Waals surface area contributed by atoms with Gasteiger partial charge in [-0.25, -0.2) is 0 Å². The van der Waals surface area contributed by atoms with Gasteiger partial charge in [0.2, 0.25) is 0 Å². The second-order valence-corrected chi connectivity index (χ2v) is 7.43. The van der Waals surface area contributed by atoms with Crippen molar-refractivity contribution in [2.45, 2.75) is 0 Å². The molecule has 0 atom stereocenters. The monoisotopic (exact) mass is 437 g/mol. The minimum atomic E-state index is -1.11. The van der Waals surface area contributed by atoms with Crippen LogP contribution < -0.4 is 104 Å². The minimum Gasteiger partial charge on any atom is -0.549 e. The van der Waals surface area contributed by atoms with Crippen LogP contribution in [0, 0.1) is 0 Å². The van der Waals surface area contributed by atoms with E-state index in [1.165, 1.54) is 35.3 Å². The van der Waals surface area contributed by atoms with E-state index in [2.05, 4.69) is 0 Å². The van der Waals surface area contributed by atoms with Gasteiger partial charge in [0.15, 0.2) is 0 Å². The standard InChI is InChI=1S/C12H21NO6S3.3Na/c14-10(15)7-20-4-1-13(2-5-21-8-11(16)17)3-6-22-9-12(18)19;;;/h1-9H2,(H,14,15)(H,16,17)(H,18,19);;;/q;3*+1/p-3.